The molecule has 9 heteroatoms. The molecular weight excluding hydrogens is 462 g/mol. The van der Waals surface area contributed by atoms with E-state index in [0.29, 0.717) is 0 Å². The zero-order valence-electron chi connectivity index (χ0n) is 19.9. The zero-order valence-corrected chi connectivity index (χ0v) is 20.7. The van der Waals surface area contributed by atoms with Gasteiger partial charge in [0.25, 0.3) is 0 Å². The van der Waals surface area contributed by atoms with E-state index in [-0.39, 0.29) is 10.9 Å². The smallest absolute Gasteiger partial charge is 0.240 e. The predicted molar refractivity (Wildman–Crippen MR) is 134 cm³/mol. The quantitative estimate of drug-likeness (QED) is 0.366. The Morgan fingerprint density at radius 1 is 1.03 bits per heavy atom. The summed E-state index contributed by atoms with van der Waals surface area (Å²) in [7, 11) is -2.12. The second-order valence-electron chi connectivity index (χ2n) is 8.40. The lowest BCUT2D eigenvalue weighted by Crippen LogP contribution is -2.18. The highest BCUT2D eigenvalue weighted by Crippen LogP contribution is 2.36. The Kier molecular flexibility index (Phi) is 5.74. The van der Waals surface area contributed by atoms with Crippen molar-refractivity contribution in [2.45, 2.75) is 31.7 Å². The number of benzene rings is 1. The monoisotopic (exact) mass is 487 g/mol. The molecule has 1 atom stereocenters. The van der Waals surface area contributed by atoms with Crippen LogP contribution in [0.1, 0.15) is 30.1 Å². The van der Waals surface area contributed by atoms with Crippen LogP contribution in [0.3, 0.4) is 0 Å². The van der Waals surface area contributed by atoms with Gasteiger partial charge in [-0.15, -0.1) is 0 Å². The highest BCUT2D eigenvalue weighted by atomic mass is 32.2. The minimum atomic E-state index is -3.52. The maximum atomic E-state index is 12.2. The van der Waals surface area contributed by atoms with Crippen molar-refractivity contribution in [3.63, 3.8) is 0 Å². The summed E-state index contributed by atoms with van der Waals surface area (Å²) < 4.78 is 34.2. The van der Waals surface area contributed by atoms with Crippen LogP contribution in [0.2, 0.25) is 0 Å². The van der Waals surface area contributed by atoms with E-state index in [1.807, 2.05) is 38.2 Å². The molecule has 0 saturated heterocycles. The molecule has 35 heavy (non-hydrogen) atoms. The van der Waals surface area contributed by atoms with Gasteiger partial charge in [0, 0.05) is 35.3 Å². The summed E-state index contributed by atoms with van der Waals surface area (Å²) in [6.45, 7) is 5.90. The van der Waals surface area contributed by atoms with Gasteiger partial charge in [-0.05, 0) is 63.7 Å². The molecule has 0 spiro atoms. The van der Waals surface area contributed by atoms with Crippen LogP contribution in [-0.4, -0.2) is 35.2 Å². The van der Waals surface area contributed by atoms with Gasteiger partial charge in [0.15, 0.2) is 0 Å². The maximum Gasteiger partial charge on any atom is 0.240 e. The lowest BCUT2D eigenvalue weighted by atomic mass is 10.0. The molecule has 5 rings (SSSR count). The Morgan fingerprint density at radius 3 is 2.43 bits per heavy atom. The minimum absolute atomic E-state index is 0.0573. The number of aryl methyl sites for hydroxylation is 2. The molecule has 5 aromatic rings. The molecule has 1 N–H and O–H groups in total. The van der Waals surface area contributed by atoms with E-state index in [4.69, 9.17) is 9.51 Å². The molecule has 4 heterocycles. The number of hydrogen-bond donors (Lipinski definition) is 1. The normalized spacial score (nSPS) is 12.8. The second-order valence-corrected chi connectivity index (χ2v) is 10.3. The first-order chi connectivity index (χ1) is 16.8. The molecule has 0 aliphatic heterocycles. The van der Waals surface area contributed by atoms with Crippen molar-refractivity contribution in [3.05, 3.63) is 84.3 Å². The molecule has 8 nitrogen and oxygen atoms in total. The van der Waals surface area contributed by atoms with E-state index in [1.54, 1.807) is 30.5 Å². The van der Waals surface area contributed by atoms with Crippen LogP contribution in [-0.2, 0) is 10.0 Å². The summed E-state index contributed by atoms with van der Waals surface area (Å²) in [5, 5.41) is 4.09. The molecule has 0 fully saturated rings. The van der Waals surface area contributed by atoms with Crippen molar-refractivity contribution in [2.75, 3.05) is 7.05 Å². The molecule has 0 bridgehead atoms. The van der Waals surface area contributed by atoms with Crippen LogP contribution in [0.25, 0.3) is 33.3 Å². The second kappa shape index (κ2) is 8.75. The molecule has 0 amide bonds. The Morgan fingerprint density at radius 2 is 1.80 bits per heavy atom. The van der Waals surface area contributed by atoms with Crippen molar-refractivity contribution in [1.82, 2.24) is 24.4 Å². The molecule has 178 valence electrons. The van der Waals surface area contributed by atoms with Crippen molar-refractivity contribution >= 4 is 21.1 Å². The standard InChI is InChI=1S/C26H25N5O3S/c1-16-25(18(3)34-30-16)20-13-24-26(29-14-20)22(15-31(24)17(2)23-7-5-6-12-28-23)19-8-10-21(11-9-19)35(32,33)27-4/h5-15,17,27H,1-4H3/t17-/m0/s1. The van der Waals surface area contributed by atoms with E-state index in [9.17, 15) is 8.42 Å². The van der Waals surface area contributed by atoms with Crippen LogP contribution < -0.4 is 4.72 Å². The average molecular weight is 488 g/mol. The van der Waals surface area contributed by atoms with Crippen molar-refractivity contribution < 1.29 is 12.9 Å². The van der Waals surface area contributed by atoms with E-state index >= 15 is 0 Å². The third-order valence-corrected chi connectivity index (χ3v) is 7.70. The number of nitrogens with one attached hydrogen (secondary N) is 1. The van der Waals surface area contributed by atoms with Crippen LogP contribution in [0.15, 0.2) is 76.5 Å². The van der Waals surface area contributed by atoms with Crippen LogP contribution in [0.5, 0.6) is 0 Å². The highest BCUT2D eigenvalue weighted by Gasteiger charge is 2.20. The highest BCUT2D eigenvalue weighted by molar-refractivity contribution is 7.89. The van der Waals surface area contributed by atoms with Crippen LogP contribution in [0, 0.1) is 13.8 Å². The molecule has 0 saturated carbocycles. The first kappa shape index (κ1) is 22.9. The Labute approximate surface area is 203 Å². The predicted octanol–water partition coefficient (Wildman–Crippen LogP) is 4.89. The molecule has 0 radical (unpaired) electrons. The van der Waals surface area contributed by atoms with Crippen molar-refractivity contribution in [1.29, 1.82) is 0 Å². The van der Waals surface area contributed by atoms with Gasteiger partial charge in [-0.25, -0.2) is 13.1 Å². The van der Waals surface area contributed by atoms with E-state index in [2.05, 4.69) is 38.6 Å². The minimum Gasteiger partial charge on any atom is -0.361 e. The van der Waals surface area contributed by atoms with Gasteiger partial charge in [0.05, 0.1) is 33.4 Å². The zero-order chi connectivity index (χ0) is 24.7. The number of rotatable bonds is 6. The van der Waals surface area contributed by atoms with Crippen LogP contribution >= 0.6 is 0 Å². The molecular formula is C26H25N5O3S. The summed E-state index contributed by atoms with van der Waals surface area (Å²) in [6.07, 6.45) is 5.66. The summed E-state index contributed by atoms with van der Waals surface area (Å²) >= 11 is 0. The summed E-state index contributed by atoms with van der Waals surface area (Å²) in [6, 6.07) is 14.7. The Balaban J connectivity index is 1.70. The Bertz CT molecular complexity index is 1600. The fourth-order valence-electron chi connectivity index (χ4n) is 4.39. The number of aromatic nitrogens is 4. The molecule has 0 aliphatic rings. The third-order valence-electron chi connectivity index (χ3n) is 6.27. The van der Waals surface area contributed by atoms with E-state index < -0.39 is 10.0 Å². The fraction of sp³-hybridized carbons (Fsp3) is 0.192. The number of fused-ring (bicyclic) bond motifs is 1. The van der Waals surface area contributed by atoms with Gasteiger partial charge in [0.2, 0.25) is 10.0 Å². The first-order valence-corrected chi connectivity index (χ1v) is 12.7. The van der Waals surface area contributed by atoms with Gasteiger partial charge < -0.3 is 9.09 Å². The van der Waals surface area contributed by atoms with Crippen molar-refractivity contribution in [3.8, 4) is 22.3 Å². The summed E-state index contributed by atoms with van der Waals surface area (Å²) in [4.78, 5) is 9.60. The van der Waals surface area contributed by atoms with Crippen LogP contribution in [0.4, 0.5) is 0 Å². The van der Waals surface area contributed by atoms with Gasteiger partial charge in [-0.3, -0.25) is 9.97 Å². The van der Waals surface area contributed by atoms with E-state index in [0.717, 1.165) is 50.4 Å². The number of nitrogens with zero attached hydrogens (tertiary/aromatic N) is 4. The summed E-state index contributed by atoms with van der Waals surface area (Å²) in [5.74, 6) is 0.737. The van der Waals surface area contributed by atoms with Gasteiger partial charge >= 0.3 is 0 Å². The lowest BCUT2D eigenvalue weighted by molar-refractivity contribution is 0.393. The largest absolute Gasteiger partial charge is 0.361 e. The van der Waals surface area contributed by atoms with Crippen molar-refractivity contribution in [2.24, 2.45) is 0 Å². The van der Waals surface area contributed by atoms with E-state index in [1.165, 1.54) is 7.05 Å². The topological polar surface area (TPSA) is 103 Å². The molecule has 0 aliphatic carbocycles. The number of hydrogen-bond acceptors (Lipinski definition) is 6. The third kappa shape index (κ3) is 4.02. The van der Waals surface area contributed by atoms with Gasteiger partial charge in [-0.2, -0.15) is 0 Å². The molecule has 4 aromatic heterocycles. The molecule has 1 aromatic carbocycles. The maximum absolute atomic E-state index is 12.2. The SMILES string of the molecule is CNS(=O)(=O)c1ccc(-c2cn([C@@H](C)c3ccccn3)c3cc(-c4c(C)noc4C)cnc23)cc1. The summed E-state index contributed by atoms with van der Waals surface area (Å²) in [5.41, 5.74) is 7.10. The van der Waals surface area contributed by atoms with Gasteiger partial charge in [0.1, 0.15) is 5.76 Å². The molecule has 0 unspecified atom stereocenters. The van der Waals surface area contributed by atoms with Gasteiger partial charge in [-0.1, -0.05) is 23.4 Å². The fourth-order valence-corrected chi connectivity index (χ4v) is 5.12. The first-order valence-electron chi connectivity index (χ1n) is 11.2. The lowest BCUT2D eigenvalue weighted by Gasteiger charge is -2.15. The number of sulfonamides is 1. The average Bonchev–Trinajstić information content (AvgIpc) is 3.43. The Hall–Kier alpha value is -3.82. The number of pyridine rings is 2.